The first-order valence-corrected chi connectivity index (χ1v) is 17.1. The minimum Gasteiger partial charge on any atom is -0.481 e. The number of tetrazole rings is 1. The fourth-order valence-corrected chi connectivity index (χ4v) is 7.40. The molecular formula is C25H35N11O9S3. The molecule has 2 aromatic heterocycles. The van der Waals surface area contributed by atoms with Gasteiger partial charge in [-0.15, -0.1) is 16.9 Å². The van der Waals surface area contributed by atoms with E-state index in [-0.39, 0.29) is 29.0 Å². The van der Waals surface area contributed by atoms with Crippen LogP contribution in [0.5, 0.6) is 0 Å². The summed E-state index contributed by atoms with van der Waals surface area (Å²) in [6.07, 6.45) is -0.0620. The van der Waals surface area contributed by atoms with Gasteiger partial charge in [0, 0.05) is 42.7 Å². The average Bonchev–Trinajstić information content (AvgIpc) is 3.64. The zero-order valence-corrected chi connectivity index (χ0v) is 29.0. The number of carboxylic acids is 2. The van der Waals surface area contributed by atoms with Crippen LogP contribution in [0.1, 0.15) is 46.9 Å². The van der Waals surface area contributed by atoms with Crippen LogP contribution in [0, 0.1) is 5.41 Å². The van der Waals surface area contributed by atoms with E-state index < -0.39 is 63.6 Å². The van der Waals surface area contributed by atoms with Crippen LogP contribution in [0.15, 0.2) is 10.3 Å². The summed E-state index contributed by atoms with van der Waals surface area (Å²) in [5.41, 5.74) is 1.38. The third-order valence-electron chi connectivity index (χ3n) is 6.83. The summed E-state index contributed by atoms with van der Waals surface area (Å²) in [5, 5.41) is 39.9. The molecule has 0 bridgehead atoms. The third-order valence-corrected chi connectivity index (χ3v) is 10.2. The summed E-state index contributed by atoms with van der Waals surface area (Å²) in [6, 6.07) is -1.03. The van der Waals surface area contributed by atoms with Gasteiger partial charge in [-0.25, -0.2) is 14.3 Å². The van der Waals surface area contributed by atoms with E-state index in [9.17, 15) is 34.2 Å². The van der Waals surface area contributed by atoms with Gasteiger partial charge in [-0.2, -0.15) is 9.36 Å². The number of alkyl carbamates (subject to hydrolysis) is 1. The number of anilines is 1. The van der Waals surface area contributed by atoms with Crippen molar-refractivity contribution in [2.24, 2.45) is 10.6 Å². The lowest BCUT2D eigenvalue weighted by Gasteiger charge is -2.53. The number of carbonyl (C=O) groups excluding carboxylic acids is 3. The molecule has 2 unspecified atom stereocenters. The van der Waals surface area contributed by atoms with Crippen LogP contribution in [0.4, 0.5) is 9.93 Å². The van der Waals surface area contributed by atoms with Gasteiger partial charge in [0.25, 0.3) is 5.91 Å². The van der Waals surface area contributed by atoms with Crippen molar-refractivity contribution in [2.75, 3.05) is 30.3 Å². The van der Waals surface area contributed by atoms with E-state index in [2.05, 4.69) is 40.7 Å². The molecule has 262 valence electrons. The van der Waals surface area contributed by atoms with E-state index >= 15 is 0 Å². The monoisotopic (exact) mass is 729 g/mol. The van der Waals surface area contributed by atoms with Gasteiger partial charge < -0.3 is 41.1 Å². The molecule has 23 heteroatoms. The fraction of sp³-hybridized carbons (Fsp3) is 0.640. The number of ether oxygens (including phenoxy) is 1. The Morgan fingerprint density at radius 2 is 1.94 bits per heavy atom. The maximum atomic E-state index is 13.2. The maximum Gasteiger partial charge on any atom is 0.407 e. The Hall–Kier alpha value is -4.25. The van der Waals surface area contributed by atoms with Crippen molar-refractivity contribution in [3.05, 3.63) is 5.82 Å². The number of hydrogen-bond acceptors (Lipinski definition) is 17. The van der Waals surface area contributed by atoms with E-state index in [1.54, 1.807) is 20.8 Å². The Bertz CT molecular complexity index is 1590. The van der Waals surface area contributed by atoms with Crippen LogP contribution in [0.25, 0.3) is 0 Å². The molecule has 48 heavy (non-hydrogen) atoms. The number of aryl methyl sites for hydroxylation is 1. The van der Waals surface area contributed by atoms with Gasteiger partial charge in [0.15, 0.2) is 5.13 Å². The van der Waals surface area contributed by atoms with Crippen molar-refractivity contribution < 1.29 is 43.8 Å². The number of aromatic nitrogens is 6. The number of nitrogens with one attached hydrogen (secondary N) is 2. The zero-order valence-electron chi connectivity index (χ0n) is 26.5. The normalized spacial score (nSPS) is 21.1. The second kappa shape index (κ2) is 14.5. The molecule has 2 aliphatic heterocycles. The Morgan fingerprint density at radius 3 is 2.56 bits per heavy atom. The van der Waals surface area contributed by atoms with Crippen molar-refractivity contribution in [1.29, 1.82) is 0 Å². The number of nitrogens with zero attached hydrogens (tertiary/aromatic N) is 8. The molecule has 2 saturated heterocycles. The number of β-lactam (4-membered cyclic amide) rings is 1. The molecule has 0 spiro atoms. The molecule has 0 aromatic carbocycles. The van der Waals surface area contributed by atoms with Crippen molar-refractivity contribution in [3.8, 4) is 0 Å². The topological polar surface area (TPSA) is 279 Å². The van der Waals surface area contributed by atoms with Gasteiger partial charge in [0.2, 0.25) is 28.2 Å². The van der Waals surface area contributed by atoms with Gasteiger partial charge in [-0.3, -0.25) is 14.4 Å². The Labute approximate surface area is 286 Å². The van der Waals surface area contributed by atoms with Crippen molar-refractivity contribution in [2.45, 2.75) is 75.4 Å². The minimum atomic E-state index is -1.80. The van der Waals surface area contributed by atoms with Crippen molar-refractivity contribution >= 4 is 75.7 Å². The van der Waals surface area contributed by atoms with Gasteiger partial charge in [-0.05, 0) is 51.5 Å². The first kappa shape index (κ1) is 36.6. The van der Waals surface area contributed by atoms with Crippen LogP contribution >= 0.6 is 35.1 Å². The predicted octanol–water partition coefficient (Wildman–Crippen LogP) is -0.131. The second-order valence-electron chi connectivity index (χ2n) is 12.3. The Balaban J connectivity index is 1.36. The molecule has 0 saturated carbocycles. The molecule has 0 aliphatic carbocycles. The zero-order chi connectivity index (χ0) is 35.4. The standard InChI is InChI=1S/C25H35N11O9S3/c1-23(2,3)44-22(43)27-7-6-8-36-21(30-33-34-36)47-11-25(19(41)42)9-35-16(38)13(17(35)46-10-25)28-15(37)12(14-29-20(26)48-32-14)31-45-24(4,5)18(39)40/h13,17H,6-11H2,1-5H3,(H,27,43)(H,28,37)(H,39,40)(H,41,42)(H2,26,29,32)/t13?,17-,25?/m1/s1. The van der Waals surface area contributed by atoms with Crippen LogP contribution in [-0.2, 0) is 35.3 Å². The number of nitrogen functional groups attached to an aromatic ring is 1. The van der Waals surface area contributed by atoms with E-state index in [0.29, 0.717) is 24.7 Å². The third kappa shape index (κ3) is 8.61. The van der Waals surface area contributed by atoms with E-state index in [4.69, 9.17) is 15.3 Å². The van der Waals surface area contributed by atoms with E-state index in [1.165, 1.54) is 35.2 Å². The van der Waals surface area contributed by atoms with Gasteiger partial charge >= 0.3 is 18.0 Å². The highest BCUT2D eigenvalue weighted by Crippen LogP contribution is 2.44. The summed E-state index contributed by atoms with van der Waals surface area (Å²) in [7, 11) is 0. The number of carbonyl (C=O) groups is 5. The largest absolute Gasteiger partial charge is 0.481 e. The summed E-state index contributed by atoms with van der Waals surface area (Å²) in [5.74, 6) is -3.95. The smallest absolute Gasteiger partial charge is 0.407 e. The second-order valence-corrected chi connectivity index (χ2v) is 15.1. The fourth-order valence-electron chi connectivity index (χ4n) is 4.21. The van der Waals surface area contributed by atoms with Crippen LogP contribution in [0.2, 0.25) is 0 Å². The lowest BCUT2D eigenvalue weighted by Crippen LogP contribution is -2.74. The van der Waals surface area contributed by atoms with Gasteiger partial charge in [0.05, 0.1) is 0 Å². The first-order chi connectivity index (χ1) is 22.4. The SMILES string of the molecule is CC(C)(C)OC(=O)NCCCn1nnnc1SCC1(C(=O)O)CS[C@@H]2C(NC(=O)C(=NOC(C)(C)C(=O)O)c3nsc(N)n3)C(=O)N2C1. The average molecular weight is 730 g/mol. The molecule has 3 amide bonds. The number of nitrogens with two attached hydrogens (primary N) is 1. The highest BCUT2D eigenvalue weighted by Gasteiger charge is 2.57. The molecule has 2 fully saturated rings. The van der Waals surface area contributed by atoms with Crippen molar-refractivity contribution in [3.63, 3.8) is 0 Å². The van der Waals surface area contributed by atoms with Gasteiger partial charge in [-0.1, -0.05) is 16.9 Å². The predicted molar refractivity (Wildman–Crippen MR) is 171 cm³/mol. The number of hydrogen-bond donors (Lipinski definition) is 5. The number of carboxylic acid groups (broad SMARTS) is 2. The van der Waals surface area contributed by atoms with Gasteiger partial charge in [0.1, 0.15) is 22.4 Å². The summed E-state index contributed by atoms with van der Waals surface area (Å²) < 4.78 is 10.6. The minimum absolute atomic E-state index is 0.0174. The highest BCUT2D eigenvalue weighted by atomic mass is 32.2. The number of oxime groups is 1. The summed E-state index contributed by atoms with van der Waals surface area (Å²) >= 11 is 3.09. The van der Waals surface area contributed by atoms with Crippen molar-refractivity contribution in [1.82, 2.24) is 45.1 Å². The summed E-state index contributed by atoms with van der Waals surface area (Å²) in [4.78, 5) is 72.7. The molecule has 3 atom stereocenters. The quantitative estimate of drug-likeness (QED) is 0.0556. The lowest BCUT2D eigenvalue weighted by molar-refractivity contribution is -0.161. The highest BCUT2D eigenvalue weighted by molar-refractivity contribution is 8.00. The molecule has 2 aromatic rings. The Morgan fingerprint density at radius 1 is 1.21 bits per heavy atom. The van der Waals surface area contributed by atoms with E-state index in [0.717, 1.165) is 23.3 Å². The maximum absolute atomic E-state index is 13.2. The molecule has 2 aliphatic rings. The molecule has 4 heterocycles. The number of aliphatic carboxylic acids is 2. The number of fused-ring (bicyclic) bond motifs is 1. The summed E-state index contributed by atoms with van der Waals surface area (Å²) in [6.45, 7) is 8.26. The molecular weight excluding hydrogens is 695 g/mol. The van der Waals surface area contributed by atoms with E-state index in [1.807, 2.05) is 0 Å². The molecule has 4 rings (SSSR count). The molecule has 6 N–H and O–H groups in total. The number of amides is 3. The van der Waals surface area contributed by atoms with Crippen LogP contribution < -0.4 is 16.4 Å². The number of thioether (sulfide) groups is 2. The number of rotatable bonds is 14. The Kier molecular flexibility index (Phi) is 11.0. The van der Waals surface area contributed by atoms with Crippen LogP contribution in [0.3, 0.4) is 0 Å². The lowest BCUT2D eigenvalue weighted by atomic mass is 9.89. The first-order valence-electron chi connectivity index (χ1n) is 14.3. The van der Waals surface area contributed by atoms with Crippen LogP contribution in [-0.4, -0.2) is 127 Å². The molecule has 0 radical (unpaired) electrons. The molecule has 20 nitrogen and oxygen atoms in total.